The molecule has 4 nitrogen and oxygen atoms in total. The number of anilines is 1. The molecule has 0 saturated heterocycles. The zero-order valence-electron chi connectivity index (χ0n) is 14.7. The van der Waals surface area contributed by atoms with Crippen molar-refractivity contribution in [2.75, 3.05) is 5.32 Å². The maximum atomic E-state index is 7.26. The van der Waals surface area contributed by atoms with Crippen LogP contribution in [-0.4, -0.2) is 10.5 Å². The number of aryl methyl sites for hydroxylation is 2. The van der Waals surface area contributed by atoms with E-state index < -0.39 is 0 Å². The van der Waals surface area contributed by atoms with E-state index in [-0.39, 0.29) is 5.96 Å². The van der Waals surface area contributed by atoms with Crippen molar-refractivity contribution in [2.45, 2.75) is 32.7 Å². The van der Waals surface area contributed by atoms with Crippen LogP contribution in [0.15, 0.2) is 48.7 Å². The van der Waals surface area contributed by atoms with E-state index in [0.29, 0.717) is 5.92 Å². The van der Waals surface area contributed by atoms with Gasteiger partial charge in [0.15, 0.2) is 5.96 Å². The molecule has 1 aromatic heterocycles. The molecule has 1 heterocycles. The van der Waals surface area contributed by atoms with Gasteiger partial charge in [-0.25, -0.2) is 0 Å². The number of nitrogens with zero attached hydrogens (tertiary/aromatic N) is 1. The second-order valence-electron chi connectivity index (χ2n) is 6.51. The van der Waals surface area contributed by atoms with E-state index in [4.69, 9.17) is 11.1 Å². The number of guanidine groups is 1. The quantitative estimate of drug-likeness (QED) is 0.561. The van der Waals surface area contributed by atoms with Gasteiger partial charge in [-0.3, -0.25) is 5.41 Å². The number of fused-ring (bicyclic) bond motifs is 1. The molecule has 1 aromatic carbocycles. The summed E-state index contributed by atoms with van der Waals surface area (Å²) in [6.07, 6.45) is 14.7. The number of aromatic nitrogens is 1. The van der Waals surface area contributed by atoms with Crippen LogP contribution in [0, 0.1) is 11.3 Å². The van der Waals surface area contributed by atoms with Gasteiger partial charge in [-0.2, -0.15) is 0 Å². The molecule has 0 saturated carbocycles. The Balaban J connectivity index is 1.71. The predicted molar refractivity (Wildman–Crippen MR) is 106 cm³/mol. The lowest BCUT2D eigenvalue weighted by Crippen LogP contribution is -2.29. The monoisotopic (exact) mass is 334 g/mol. The third kappa shape index (κ3) is 4.41. The van der Waals surface area contributed by atoms with Crippen molar-refractivity contribution in [2.24, 2.45) is 11.7 Å². The Kier molecular flexibility index (Phi) is 5.39. The van der Waals surface area contributed by atoms with Crippen molar-refractivity contribution in [3.05, 3.63) is 64.8 Å². The first kappa shape index (κ1) is 17.1. The average molecular weight is 334 g/mol. The van der Waals surface area contributed by atoms with Crippen LogP contribution in [0.25, 0.3) is 12.2 Å². The van der Waals surface area contributed by atoms with E-state index in [2.05, 4.69) is 65.5 Å². The Morgan fingerprint density at radius 1 is 1.24 bits per heavy atom. The number of hydrogen-bond donors (Lipinski definition) is 3. The van der Waals surface area contributed by atoms with Crippen LogP contribution in [0.4, 0.5) is 5.69 Å². The van der Waals surface area contributed by atoms with Crippen LogP contribution in [0.5, 0.6) is 0 Å². The van der Waals surface area contributed by atoms with Crippen LogP contribution in [0.2, 0.25) is 0 Å². The van der Waals surface area contributed by atoms with Gasteiger partial charge in [0.2, 0.25) is 0 Å². The van der Waals surface area contributed by atoms with E-state index in [0.717, 1.165) is 18.7 Å². The van der Waals surface area contributed by atoms with Crippen molar-refractivity contribution in [1.29, 1.82) is 5.41 Å². The molecule has 130 valence electrons. The van der Waals surface area contributed by atoms with E-state index >= 15 is 0 Å². The summed E-state index contributed by atoms with van der Waals surface area (Å²) in [6.45, 7) is 3.19. The molecule has 1 unspecified atom stereocenters. The number of hydrogen-bond acceptors (Lipinski definition) is 1. The molecular weight excluding hydrogens is 308 g/mol. The summed E-state index contributed by atoms with van der Waals surface area (Å²) in [6, 6.07) is 10.3. The third-order valence-electron chi connectivity index (χ3n) is 4.54. The number of nitrogens with two attached hydrogens (primary N) is 1. The molecule has 0 fully saturated rings. The van der Waals surface area contributed by atoms with Gasteiger partial charge in [0.05, 0.1) is 0 Å². The van der Waals surface area contributed by atoms with E-state index in [9.17, 15) is 0 Å². The minimum atomic E-state index is -0.0380. The first-order chi connectivity index (χ1) is 12.2. The van der Waals surface area contributed by atoms with Crippen LogP contribution in [0.3, 0.4) is 0 Å². The second-order valence-corrected chi connectivity index (χ2v) is 6.51. The molecule has 0 amide bonds. The normalized spacial score (nSPS) is 15.6. The number of nitrogens with one attached hydrogen (secondary N) is 2. The van der Waals surface area contributed by atoms with Crippen molar-refractivity contribution in [3.63, 3.8) is 0 Å². The Hall–Kier alpha value is -2.75. The van der Waals surface area contributed by atoms with Gasteiger partial charge < -0.3 is 15.6 Å². The lowest BCUT2D eigenvalue weighted by molar-refractivity contribution is 0.682. The highest BCUT2D eigenvalue weighted by Crippen LogP contribution is 2.12. The first-order valence-electron chi connectivity index (χ1n) is 8.91. The molecule has 3 rings (SSSR count). The maximum Gasteiger partial charge on any atom is 0.190 e. The molecule has 1 aliphatic rings. The highest BCUT2D eigenvalue weighted by molar-refractivity contribution is 5.89. The Bertz CT molecular complexity index is 872. The molecule has 4 heteroatoms. The molecule has 1 atom stereocenters. The van der Waals surface area contributed by atoms with E-state index in [1.807, 2.05) is 12.1 Å². The molecule has 0 radical (unpaired) electrons. The molecule has 1 aliphatic carbocycles. The summed E-state index contributed by atoms with van der Waals surface area (Å²) >= 11 is 0. The second kappa shape index (κ2) is 7.88. The minimum absolute atomic E-state index is 0.0380. The Morgan fingerprint density at radius 2 is 2.04 bits per heavy atom. The summed E-state index contributed by atoms with van der Waals surface area (Å²) in [7, 11) is 0. The van der Waals surface area contributed by atoms with Crippen molar-refractivity contribution < 1.29 is 0 Å². The molecule has 2 aromatic rings. The number of benzene rings is 1. The smallest absolute Gasteiger partial charge is 0.190 e. The standard InChI is InChI=1S/C21H26N4/c1-2-4-17-5-3-6-20-18(15-17)12-14-25(20)13-11-16-7-9-19(10-8-16)24-21(22)23/h3,5-10,12,14-15,17H,2,4,11,13H2,1H3,(H4,22,23,24). The highest BCUT2D eigenvalue weighted by atomic mass is 15.0. The SMILES string of the molecule is CCCC1C=CC=c2c(ccn2CCc2ccc(NC(=N)N)cc2)=C1. The summed E-state index contributed by atoms with van der Waals surface area (Å²) in [5.41, 5.74) is 7.47. The molecule has 0 spiro atoms. The molecule has 4 N–H and O–H groups in total. The zero-order valence-corrected chi connectivity index (χ0v) is 14.7. The van der Waals surface area contributed by atoms with Gasteiger partial charge in [0.1, 0.15) is 0 Å². The van der Waals surface area contributed by atoms with Gasteiger partial charge >= 0.3 is 0 Å². The summed E-state index contributed by atoms with van der Waals surface area (Å²) in [4.78, 5) is 0. The summed E-state index contributed by atoms with van der Waals surface area (Å²) in [5.74, 6) is 0.503. The largest absolute Gasteiger partial charge is 0.370 e. The van der Waals surface area contributed by atoms with Gasteiger partial charge in [-0.1, -0.05) is 43.7 Å². The molecule has 25 heavy (non-hydrogen) atoms. The van der Waals surface area contributed by atoms with E-state index in [1.54, 1.807) is 0 Å². The first-order valence-corrected chi connectivity index (χ1v) is 8.91. The highest BCUT2D eigenvalue weighted by Gasteiger charge is 2.04. The van der Waals surface area contributed by atoms with Crippen LogP contribution >= 0.6 is 0 Å². The summed E-state index contributed by atoms with van der Waals surface area (Å²) < 4.78 is 2.33. The number of allylic oxidation sites excluding steroid dienone is 2. The van der Waals surface area contributed by atoms with E-state index in [1.165, 1.54) is 29.0 Å². The van der Waals surface area contributed by atoms with Gasteiger partial charge in [-0.15, -0.1) is 0 Å². The van der Waals surface area contributed by atoms with Crippen LogP contribution in [-0.2, 0) is 13.0 Å². The van der Waals surface area contributed by atoms with Gasteiger partial charge in [-0.05, 0) is 53.8 Å². The van der Waals surface area contributed by atoms with Crippen molar-refractivity contribution in [1.82, 2.24) is 4.57 Å². The molecule has 0 aliphatic heterocycles. The predicted octanol–water partition coefficient (Wildman–Crippen LogP) is 2.58. The lowest BCUT2D eigenvalue weighted by atomic mass is 10.0. The maximum absolute atomic E-state index is 7.26. The topological polar surface area (TPSA) is 66.8 Å². The fourth-order valence-corrected chi connectivity index (χ4v) is 3.28. The number of rotatable bonds is 6. The molecule has 0 bridgehead atoms. The summed E-state index contributed by atoms with van der Waals surface area (Å²) in [5, 5.41) is 12.7. The zero-order chi connectivity index (χ0) is 17.6. The lowest BCUT2D eigenvalue weighted by Gasteiger charge is -2.07. The fraction of sp³-hybridized carbons (Fsp3) is 0.286. The average Bonchev–Trinajstić information content (AvgIpc) is 2.84. The van der Waals surface area contributed by atoms with Gasteiger partial charge in [0, 0.05) is 23.8 Å². The van der Waals surface area contributed by atoms with Crippen LogP contribution in [0.1, 0.15) is 25.3 Å². The fourth-order valence-electron chi connectivity index (χ4n) is 3.28. The van der Waals surface area contributed by atoms with Crippen LogP contribution < -0.4 is 21.6 Å². The third-order valence-corrected chi connectivity index (χ3v) is 4.54. The van der Waals surface area contributed by atoms with Crippen molar-refractivity contribution in [3.8, 4) is 0 Å². The Labute approximate surface area is 148 Å². The van der Waals surface area contributed by atoms with Gasteiger partial charge in [0.25, 0.3) is 0 Å². The minimum Gasteiger partial charge on any atom is -0.370 e. The Morgan fingerprint density at radius 3 is 2.76 bits per heavy atom. The van der Waals surface area contributed by atoms with Crippen molar-refractivity contribution >= 4 is 23.8 Å². The molecular formula is C21H26N4.